The monoisotopic (exact) mass is 242 g/mol. The highest BCUT2D eigenvalue weighted by molar-refractivity contribution is 8.00. The number of rotatable bonds is 7. The van der Waals surface area contributed by atoms with E-state index in [-0.39, 0.29) is 13.4 Å². The molecule has 0 aliphatic carbocycles. The second kappa shape index (κ2) is 7.54. The Morgan fingerprint density at radius 2 is 2.12 bits per heavy atom. The molecule has 0 aliphatic rings. The van der Waals surface area contributed by atoms with Crippen LogP contribution in [0.4, 0.5) is 0 Å². The fourth-order valence-corrected chi connectivity index (χ4v) is 2.30. The van der Waals surface area contributed by atoms with E-state index in [0.29, 0.717) is 5.25 Å². The van der Waals surface area contributed by atoms with Crippen molar-refractivity contribution in [2.75, 3.05) is 20.5 Å². The summed E-state index contributed by atoms with van der Waals surface area (Å²) in [5.41, 5.74) is 0. The summed E-state index contributed by atoms with van der Waals surface area (Å²) >= 11 is 1.70. The van der Waals surface area contributed by atoms with E-state index in [1.165, 1.54) is 0 Å². The summed E-state index contributed by atoms with van der Waals surface area (Å²) in [6.45, 7) is 2.56. The SMILES string of the molecule is COCOc1ccccc1SC(C)CCO. The molecule has 0 bridgehead atoms. The van der Waals surface area contributed by atoms with Gasteiger partial charge < -0.3 is 14.6 Å². The van der Waals surface area contributed by atoms with Crippen LogP contribution >= 0.6 is 11.8 Å². The predicted molar refractivity (Wildman–Crippen MR) is 66.0 cm³/mol. The molecule has 0 aliphatic heterocycles. The van der Waals surface area contributed by atoms with E-state index in [1.807, 2.05) is 24.3 Å². The van der Waals surface area contributed by atoms with Crippen LogP contribution in [0, 0.1) is 0 Å². The van der Waals surface area contributed by atoms with Gasteiger partial charge in [-0.1, -0.05) is 19.1 Å². The molecule has 0 fully saturated rings. The standard InChI is InChI=1S/C12H18O3S/c1-10(7-8-13)16-12-6-4-3-5-11(12)15-9-14-2/h3-6,10,13H,7-9H2,1-2H3. The molecule has 0 saturated heterocycles. The van der Waals surface area contributed by atoms with E-state index >= 15 is 0 Å². The number of hydrogen-bond donors (Lipinski definition) is 1. The topological polar surface area (TPSA) is 38.7 Å². The number of benzene rings is 1. The van der Waals surface area contributed by atoms with Gasteiger partial charge in [0.25, 0.3) is 0 Å². The van der Waals surface area contributed by atoms with Gasteiger partial charge in [-0.25, -0.2) is 0 Å². The predicted octanol–water partition coefficient (Wildman–Crippen LogP) is 2.53. The zero-order chi connectivity index (χ0) is 11.8. The van der Waals surface area contributed by atoms with E-state index < -0.39 is 0 Å². The molecule has 3 nitrogen and oxygen atoms in total. The average molecular weight is 242 g/mol. The quantitative estimate of drug-likeness (QED) is 0.589. The molecule has 0 spiro atoms. The Morgan fingerprint density at radius 3 is 2.81 bits per heavy atom. The molecule has 1 aromatic carbocycles. The molecule has 90 valence electrons. The normalized spacial score (nSPS) is 12.4. The number of ether oxygens (including phenoxy) is 2. The number of aliphatic hydroxyl groups is 1. The molecule has 0 amide bonds. The molecular formula is C12H18O3S. The molecule has 1 aromatic rings. The number of hydrogen-bond acceptors (Lipinski definition) is 4. The average Bonchev–Trinajstić information content (AvgIpc) is 2.28. The van der Waals surface area contributed by atoms with E-state index in [9.17, 15) is 0 Å². The van der Waals surface area contributed by atoms with E-state index in [0.717, 1.165) is 17.1 Å². The van der Waals surface area contributed by atoms with Crippen LogP contribution in [0.2, 0.25) is 0 Å². The summed E-state index contributed by atoms with van der Waals surface area (Å²) in [5.74, 6) is 0.833. The molecule has 16 heavy (non-hydrogen) atoms. The smallest absolute Gasteiger partial charge is 0.188 e. The van der Waals surface area contributed by atoms with Gasteiger partial charge >= 0.3 is 0 Å². The lowest BCUT2D eigenvalue weighted by Gasteiger charge is -2.13. The van der Waals surface area contributed by atoms with Gasteiger partial charge in [-0.3, -0.25) is 0 Å². The third kappa shape index (κ3) is 4.43. The van der Waals surface area contributed by atoms with Gasteiger partial charge in [-0.15, -0.1) is 11.8 Å². The summed E-state index contributed by atoms with van der Waals surface area (Å²) in [5, 5.41) is 9.23. The first-order chi connectivity index (χ1) is 7.77. The van der Waals surface area contributed by atoms with Crippen molar-refractivity contribution in [3.05, 3.63) is 24.3 Å². The van der Waals surface area contributed by atoms with Crippen molar-refractivity contribution in [3.8, 4) is 5.75 Å². The zero-order valence-electron chi connectivity index (χ0n) is 9.68. The summed E-state index contributed by atoms with van der Waals surface area (Å²) in [6.07, 6.45) is 0.781. The molecule has 0 radical (unpaired) electrons. The first-order valence-corrected chi connectivity index (χ1v) is 6.14. The molecule has 1 atom stereocenters. The number of methoxy groups -OCH3 is 1. The minimum absolute atomic E-state index is 0.218. The van der Waals surface area contributed by atoms with Gasteiger partial charge in [0.05, 0.1) is 0 Å². The van der Waals surface area contributed by atoms with Crippen LogP contribution in [-0.2, 0) is 4.74 Å². The van der Waals surface area contributed by atoms with Crippen LogP contribution in [0.15, 0.2) is 29.2 Å². The first kappa shape index (κ1) is 13.4. The van der Waals surface area contributed by atoms with Gasteiger partial charge in [0.2, 0.25) is 0 Å². The molecule has 0 aromatic heterocycles. The van der Waals surface area contributed by atoms with Gasteiger partial charge in [0.1, 0.15) is 5.75 Å². The summed E-state index contributed by atoms with van der Waals surface area (Å²) < 4.78 is 10.3. The van der Waals surface area contributed by atoms with Crippen LogP contribution in [0.5, 0.6) is 5.75 Å². The maximum absolute atomic E-state index is 8.86. The molecule has 4 heteroatoms. The van der Waals surface area contributed by atoms with Crippen molar-refractivity contribution < 1.29 is 14.6 Å². The molecule has 0 heterocycles. The van der Waals surface area contributed by atoms with Crippen molar-refractivity contribution >= 4 is 11.8 Å². The lowest BCUT2D eigenvalue weighted by atomic mass is 10.3. The van der Waals surface area contributed by atoms with E-state index in [1.54, 1.807) is 18.9 Å². The highest BCUT2D eigenvalue weighted by Crippen LogP contribution is 2.32. The van der Waals surface area contributed by atoms with Gasteiger partial charge in [0.15, 0.2) is 6.79 Å². The Hall–Kier alpha value is -0.710. The molecule has 1 N–H and O–H groups in total. The lowest BCUT2D eigenvalue weighted by molar-refractivity contribution is 0.0491. The molecule has 1 rings (SSSR count). The highest BCUT2D eigenvalue weighted by atomic mass is 32.2. The summed E-state index contributed by atoms with van der Waals surface area (Å²) in [7, 11) is 1.60. The Kier molecular flexibility index (Phi) is 6.30. The van der Waals surface area contributed by atoms with Crippen LogP contribution < -0.4 is 4.74 Å². The Morgan fingerprint density at radius 1 is 1.38 bits per heavy atom. The number of thioether (sulfide) groups is 1. The largest absolute Gasteiger partial charge is 0.466 e. The van der Waals surface area contributed by atoms with Gasteiger partial charge in [-0.05, 0) is 18.6 Å². The van der Waals surface area contributed by atoms with Crippen molar-refractivity contribution in [3.63, 3.8) is 0 Å². The van der Waals surface area contributed by atoms with Crippen LogP contribution in [0.25, 0.3) is 0 Å². The second-order valence-electron chi connectivity index (χ2n) is 3.44. The van der Waals surface area contributed by atoms with Crippen molar-refractivity contribution in [1.29, 1.82) is 0 Å². The Balaban J connectivity index is 2.62. The molecule has 0 saturated carbocycles. The first-order valence-electron chi connectivity index (χ1n) is 5.26. The molecular weight excluding hydrogens is 224 g/mol. The van der Waals surface area contributed by atoms with Crippen LogP contribution in [-0.4, -0.2) is 30.9 Å². The zero-order valence-corrected chi connectivity index (χ0v) is 10.5. The second-order valence-corrected chi connectivity index (χ2v) is 4.92. The maximum atomic E-state index is 8.86. The lowest BCUT2D eigenvalue weighted by Crippen LogP contribution is -2.02. The van der Waals surface area contributed by atoms with E-state index in [4.69, 9.17) is 14.6 Å². The fraction of sp³-hybridized carbons (Fsp3) is 0.500. The Labute approximate surface area is 101 Å². The third-order valence-electron chi connectivity index (χ3n) is 2.05. The summed E-state index contributed by atoms with van der Waals surface area (Å²) in [6, 6.07) is 7.86. The summed E-state index contributed by atoms with van der Waals surface area (Å²) in [4.78, 5) is 1.08. The Bertz CT molecular complexity index is 304. The number of aliphatic hydroxyl groups excluding tert-OH is 1. The third-order valence-corrected chi connectivity index (χ3v) is 3.27. The maximum Gasteiger partial charge on any atom is 0.188 e. The van der Waals surface area contributed by atoms with Crippen molar-refractivity contribution in [2.45, 2.75) is 23.5 Å². The number of para-hydroxylation sites is 1. The van der Waals surface area contributed by atoms with Gasteiger partial charge in [-0.2, -0.15) is 0 Å². The molecule has 1 unspecified atom stereocenters. The van der Waals surface area contributed by atoms with Crippen molar-refractivity contribution in [2.24, 2.45) is 0 Å². The van der Waals surface area contributed by atoms with Crippen molar-refractivity contribution in [1.82, 2.24) is 0 Å². The van der Waals surface area contributed by atoms with Crippen LogP contribution in [0.3, 0.4) is 0 Å². The van der Waals surface area contributed by atoms with E-state index in [2.05, 4.69) is 6.92 Å². The van der Waals surface area contributed by atoms with Gasteiger partial charge in [0, 0.05) is 23.9 Å². The van der Waals surface area contributed by atoms with Crippen LogP contribution in [0.1, 0.15) is 13.3 Å². The minimum atomic E-state index is 0.218. The highest BCUT2D eigenvalue weighted by Gasteiger charge is 2.08. The fourth-order valence-electron chi connectivity index (χ4n) is 1.25. The minimum Gasteiger partial charge on any atom is -0.466 e.